The molecule has 2 aromatic carbocycles. The minimum atomic E-state index is -4.65. The van der Waals surface area contributed by atoms with Crippen molar-refractivity contribution >= 4 is 0 Å². The lowest BCUT2D eigenvalue weighted by atomic mass is 10.1. The number of alkyl halides is 3. The van der Waals surface area contributed by atoms with Gasteiger partial charge < -0.3 is 14.4 Å². The van der Waals surface area contributed by atoms with Crippen LogP contribution in [0, 0.1) is 0 Å². The highest BCUT2D eigenvalue weighted by atomic mass is 19.4. The zero-order valence-corrected chi connectivity index (χ0v) is 15.7. The maximum atomic E-state index is 12.2. The van der Waals surface area contributed by atoms with E-state index in [1.165, 1.54) is 12.1 Å². The van der Waals surface area contributed by atoms with Gasteiger partial charge in [0, 0.05) is 39.3 Å². The molecule has 0 unspecified atom stereocenters. The molecule has 2 aromatic rings. The highest BCUT2D eigenvalue weighted by molar-refractivity contribution is 5.27. The summed E-state index contributed by atoms with van der Waals surface area (Å²) < 4.78 is 46.2. The van der Waals surface area contributed by atoms with Crippen LogP contribution in [0.15, 0.2) is 54.6 Å². The molecule has 0 atom stereocenters. The largest absolute Gasteiger partial charge is 0.573 e. The summed E-state index contributed by atoms with van der Waals surface area (Å²) in [5.74, 6) is 0.718. The van der Waals surface area contributed by atoms with Crippen LogP contribution >= 0.6 is 0 Å². The number of piperazine rings is 1. The lowest BCUT2D eigenvalue weighted by Gasteiger charge is -2.34. The Labute approximate surface area is 163 Å². The van der Waals surface area contributed by atoms with Crippen LogP contribution in [0.4, 0.5) is 13.2 Å². The summed E-state index contributed by atoms with van der Waals surface area (Å²) >= 11 is 0. The molecule has 0 N–H and O–H groups in total. The highest BCUT2D eigenvalue weighted by Crippen LogP contribution is 2.23. The Bertz CT molecular complexity index is 700. The summed E-state index contributed by atoms with van der Waals surface area (Å²) in [6.07, 6.45) is -3.84. The van der Waals surface area contributed by atoms with E-state index in [-0.39, 0.29) is 5.75 Å². The Morgan fingerprint density at radius 3 is 1.96 bits per heavy atom. The molecule has 1 aliphatic heterocycles. The maximum absolute atomic E-state index is 12.2. The molecule has 1 saturated heterocycles. The minimum Gasteiger partial charge on any atom is -0.492 e. The average molecular weight is 394 g/mol. The topological polar surface area (TPSA) is 24.9 Å². The van der Waals surface area contributed by atoms with E-state index < -0.39 is 6.36 Å². The number of nitrogens with zero attached hydrogens (tertiary/aromatic N) is 2. The summed E-state index contributed by atoms with van der Waals surface area (Å²) in [6.45, 7) is 6.45. The van der Waals surface area contributed by atoms with E-state index in [1.54, 1.807) is 12.1 Å². The van der Waals surface area contributed by atoms with Crippen LogP contribution in [0.1, 0.15) is 5.56 Å². The molecular formula is C21H25F3N2O2. The summed E-state index contributed by atoms with van der Waals surface area (Å²) in [7, 11) is 0. The third kappa shape index (κ3) is 7.05. The van der Waals surface area contributed by atoms with Crippen molar-refractivity contribution in [3.63, 3.8) is 0 Å². The summed E-state index contributed by atoms with van der Waals surface area (Å²) in [4.78, 5) is 4.78. The number of hydrogen-bond acceptors (Lipinski definition) is 4. The normalized spacial score (nSPS) is 16.1. The number of halogens is 3. The summed E-state index contributed by atoms with van der Waals surface area (Å²) in [5.41, 5.74) is 1.01. The van der Waals surface area contributed by atoms with Gasteiger partial charge in [-0.3, -0.25) is 4.90 Å². The van der Waals surface area contributed by atoms with E-state index in [2.05, 4.69) is 14.5 Å². The molecule has 0 saturated carbocycles. The van der Waals surface area contributed by atoms with Gasteiger partial charge in [0.25, 0.3) is 0 Å². The van der Waals surface area contributed by atoms with Crippen molar-refractivity contribution < 1.29 is 22.6 Å². The molecule has 3 rings (SSSR count). The van der Waals surface area contributed by atoms with Crippen molar-refractivity contribution in [3.05, 3.63) is 60.2 Å². The van der Waals surface area contributed by atoms with Crippen molar-refractivity contribution in [2.75, 3.05) is 45.9 Å². The average Bonchev–Trinajstić information content (AvgIpc) is 2.68. The molecule has 0 amide bonds. The smallest absolute Gasteiger partial charge is 0.492 e. The SMILES string of the molecule is FC(F)(F)Oc1ccc(CCN2CCN(CCOc3ccccc3)CC2)cc1. The van der Waals surface area contributed by atoms with Gasteiger partial charge in [-0.25, -0.2) is 0 Å². The fourth-order valence-electron chi connectivity index (χ4n) is 3.19. The second kappa shape index (κ2) is 9.80. The molecule has 1 aliphatic rings. The van der Waals surface area contributed by atoms with Gasteiger partial charge in [-0.1, -0.05) is 30.3 Å². The minimum absolute atomic E-state index is 0.178. The van der Waals surface area contributed by atoms with Crippen molar-refractivity contribution in [2.24, 2.45) is 0 Å². The Hall–Kier alpha value is -2.25. The summed E-state index contributed by atoms with van der Waals surface area (Å²) in [6, 6.07) is 15.9. The zero-order chi connectivity index (χ0) is 19.8. The fourth-order valence-corrected chi connectivity index (χ4v) is 3.19. The van der Waals surface area contributed by atoms with E-state index in [4.69, 9.17) is 4.74 Å². The lowest BCUT2D eigenvalue weighted by molar-refractivity contribution is -0.274. The van der Waals surface area contributed by atoms with Crippen molar-refractivity contribution in [3.8, 4) is 11.5 Å². The van der Waals surface area contributed by atoms with Crippen LogP contribution in [0.25, 0.3) is 0 Å². The van der Waals surface area contributed by atoms with Gasteiger partial charge in [0.15, 0.2) is 0 Å². The highest BCUT2D eigenvalue weighted by Gasteiger charge is 2.30. The van der Waals surface area contributed by atoms with Crippen molar-refractivity contribution in [2.45, 2.75) is 12.8 Å². The fraction of sp³-hybridized carbons (Fsp3) is 0.429. The number of benzene rings is 2. The summed E-state index contributed by atoms with van der Waals surface area (Å²) in [5, 5.41) is 0. The first-order valence-corrected chi connectivity index (χ1v) is 9.45. The van der Waals surface area contributed by atoms with Gasteiger partial charge in [-0.05, 0) is 36.2 Å². The third-order valence-electron chi connectivity index (χ3n) is 4.76. The molecular weight excluding hydrogens is 369 g/mol. The number of hydrogen-bond donors (Lipinski definition) is 0. The van der Waals surface area contributed by atoms with Crippen LogP contribution in [0.5, 0.6) is 11.5 Å². The van der Waals surface area contributed by atoms with Crippen LogP contribution in [-0.2, 0) is 6.42 Å². The molecule has 0 radical (unpaired) electrons. The number of para-hydroxylation sites is 1. The predicted molar refractivity (Wildman–Crippen MR) is 102 cm³/mol. The molecule has 1 fully saturated rings. The second-order valence-electron chi connectivity index (χ2n) is 6.79. The van der Waals surface area contributed by atoms with Crippen molar-refractivity contribution in [1.82, 2.24) is 9.80 Å². The van der Waals surface area contributed by atoms with Gasteiger partial charge in [0.1, 0.15) is 18.1 Å². The molecule has 0 bridgehead atoms. The standard InChI is InChI=1S/C21H25F3N2O2/c22-21(23,24)28-20-8-6-18(7-9-20)10-11-25-12-14-26(15-13-25)16-17-27-19-4-2-1-3-5-19/h1-9H,10-17H2. The lowest BCUT2D eigenvalue weighted by Crippen LogP contribution is -2.47. The van der Waals surface area contributed by atoms with Gasteiger partial charge in [-0.15, -0.1) is 13.2 Å². The van der Waals surface area contributed by atoms with E-state index in [0.29, 0.717) is 6.61 Å². The Balaban J connectivity index is 1.32. The Kier molecular flexibility index (Phi) is 7.17. The maximum Gasteiger partial charge on any atom is 0.573 e. The van der Waals surface area contributed by atoms with Gasteiger partial charge in [0.05, 0.1) is 0 Å². The van der Waals surface area contributed by atoms with Gasteiger partial charge in [-0.2, -0.15) is 0 Å². The van der Waals surface area contributed by atoms with E-state index >= 15 is 0 Å². The zero-order valence-electron chi connectivity index (χ0n) is 15.7. The first-order chi connectivity index (χ1) is 13.5. The Morgan fingerprint density at radius 2 is 1.36 bits per heavy atom. The van der Waals surface area contributed by atoms with E-state index in [9.17, 15) is 13.2 Å². The molecule has 0 aromatic heterocycles. The number of ether oxygens (including phenoxy) is 2. The third-order valence-corrected chi connectivity index (χ3v) is 4.76. The monoisotopic (exact) mass is 394 g/mol. The quantitative estimate of drug-likeness (QED) is 0.680. The second-order valence-corrected chi connectivity index (χ2v) is 6.79. The van der Waals surface area contributed by atoms with Crippen LogP contribution in [0.3, 0.4) is 0 Å². The van der Waals surface area contributed by atoms with Crippen LogP contribution < -0.4 is 9.47 Å². The van der Waals surface area contributed by atoms with Crippen molar-refractivity contribution in [1.29, 1.82) is 0 Å². The molecule has 152 valence electrons. The van der Waals surface area contributed by atoms with Gasteiger partial charge >= 0.3 is 6.36 Å². The number of rotatable bonds is 8. The molecule has 7 heteroatoms. The molecule has 0 spiro atoms. The molecule has 1 heterocycles. The van der Waals surface area contributed by atoms with E-state index in [0.717, 1.165) is 57.0 Å². The predicted octanol–water partition coefficient (Wildman–Crippen LogP) is 3.82. The molecule has 0 aliphatic carbocycles. The molecule has 28 heavy (non-hydrogen) atoms. The van der Waals surface area contributed by atoms with Crippen LogP contribution in [-0.4, -0.2) is 62.0 Å². The Morgan fingerprint density at radius 1 is 0.750 bits per heavy atom. The molecule has 4 nitrogen and oxygen atoms in total. The first-order valence-electron chi connectivity index (χ1n) is 9.45. The van der Waals surface area contributed by atoms with E-state index in [1.807, 2.05) is 30.3 Å². The van der Waals surface area contributed by atoms with Crippen LogP contribution in [0.2, 0.25) is 0 Å². The van der Waals surface area contributed by atoms with Gasteiger partial charge in [0.2, 0.25) is 0 Å². The first kappa shape index (κ1) is 20.5.